The van der Waals surface area contributed by atoms with Crippen LogP contribution < -0.4 is 0 Å². The van der Waals surface area contributed by atoms with Gasteiger partial charge in [-0.15, -0.1) is 0 Å². The van der Waals surface area contributed by atoms with E-state index in [0.29, 0.717) is 0 Å². The van der Waals surface area contributed by atoms with Gasteiger partial charge in [0.05, 0.1) is 0 Å². The maximum Gasteiger partial charge on any atom is -0.0199 e. The van der Waals surface area contributed by atoms with Gasteiger partial charge < -0.3 is 0 Å². The molecule has 110 valence electrons. The topological polar surface area (TPSA) is 0 Å². The summed E-state index contributed by atoms with van der Waals surface area (Å²) in [6.07, 6.45) is 24.2. The second-order valence-electron chi connectivity index (χ2n) is 7.01. The predicted molar refractivity (Wildman–Crippen MR) is 85.3 cm³/mol. The molecule has 0 radical (unpaired) electrons. The summed E-state index contributed by atoms with van der Waals surface area (Å²) in [6.45, 7) is 2.30. The summed E-state index contributed by atoms with van der Waals surface area (Å²) in [6, 6.07) is 0. The van der Waals surface area contributed by atoms with Gasteiger partial charge in [-0.1, -0.05) is 83.3 Å². The first-order valence-corrected chi connectivity index (χ1v) is 9.08. The number of fused-ring (bicyclic) bond motifs is 2. The van der Waals surface area contributed by atoms with Crippen LogP contribution in [0.5, 0.6) is 0 Å². The molecule has 0 N–H and O–H groups in total. The normalized spacial score (nSPS) is 28.4. The third kappa shape index (κ3) is 5.32. The monoisotopic (exact) mass is 262 g/mol. The number of allylic oxidation sites excluding steroid dienone is 2. The number of unbranched alkanes of at least 4 members (excludes halogenated alkanes) is 9. The molecule has 0 aromatic heterocycles. The minimum Gasteiger partial charge on any atom is -0.0851 e. The zero-order valence-corrected chi connectivity index (χ0v) is 13.1. The van der Waals surface area contributed by atoms with Gasteiger partial charge in [-0.3, -0.25) is 0 Å². The largest absolute Gasteiger partial charge is 0.0851 e. The lowest BCUT2D eigenvalue weighted by molar-refractivity contribution is 0.393. The highest BCUT2D eigenvalue weighted by molar-refractivity contribution is 5.09. The Morgan fingerprint density at radius 1 is 0.737 bits per heavy atom. The fourth-order valence-corrected chi connectivity index (χ4v) is 4.12. The molecule has 1 fully saturated rings. The second kappa shape index (κ2) is 8.82. The molecule has 0 heteroatoms. The fraction of sp³-hybridized carbons (Fsp3) is 0.895. The van der Waals surface area contributed by atoms with Crippen LogP contribution in [0.1, 0.15) is 90.4 Å². The summed E-state index contributed by atoms with van der Waals surface area (Å²) in [5.41, 5.74) is 0. The van der Waals surface area contributed by atoms with E-state index in [0.717, 1.165) is 17.8 Å². The van der Waals surface area contributed by atoms with Crippen molar-refractivity contribution in [3.63, 3.8) is 0 Å². The Balaban J connectivity index is 1.34. The predicted octanol–water partition coefficient (Wildman–Crippen LogP) is 6.51. The first-order valence-electron chi connectivity index (χ1n) is 9.08. The highest BCUT2D eigenvalue weighted by Crippen LogP contribution is 2.45. The van der Waals surface area contributed by atoms with Gasteiger partial charge in [0.25, 0.3) is 0 Å². The van der Waals surface area contributed by atoms with Crippen LogP contribution >= 0.6 is 0 Å². The van der Waals surface area contributed by atoms with Gasteiger partial charge in [0.15, 0.2) is 0 Å². The van der Waals surface area contributed by atoms with Gasteiger partial charge in [-0.05, 0) is 37.0 Å². The minimum absolute atomic E-state index is 0.970. The van der Waals surface area contributed by atoms with E-state index in [9.17, 15) is 0 Å². The first kappa shape index (κ1) is 15.1. The third-order valence-electron chi connectivity index (χ3n) is 5.34. The van der Waals surface area contributed by atoms with Gasteiger partial charge in [0.1, 0.15) is 0 Å². The highest BCUT2D eigenvalue weighted by Gasteiger charge is 2.34. The Bertz CT molecular complexity index is 253. The molecule has 0 aromatic rings. The Kier molecular flexibility index (Phi) is 7.03. The van der Waals surface area contributed by atoms with Crippen molar-refractivity contribution < 1.29 is 0 Å². The van der Waals surface area contributed by atoms with E-state index in [2.05, 4.69) is 19.1 Å². The summed E-state index contributed by atoms with van der Waals surface area (Å²) in [4.78, 5) is 0. The number of hydrogen-bond acceptors (Lipinski definition) is 0. The molecule has 1 saturated carbocycles. The average molecular weight is 262 g/mol. The molecule has 0 heterocycles. The smallest absolute Gasteiger partial charge is 0.0199 e. The summed E-state index contributed by atoms with van der Waals surface area (Å²) in [7, 11) is 0. The van der Waals surface area contributed by atoms with Gasteiger partial charge in [-0.2, -0.15) is 0 Å². The van der Waals surface area contributed by atoms with Crippen LogP contribution in [0.2, 0.25) is 0 Å². The van der Waals surface area contributed by atoms with E-state index in [4.69, 9.17) is 0 Å². The van der Waals surface area contributed by atoms with Crippen LogP contribution in [-0.2, 0) is 0 Å². The van der Waals surface area contributed by atoms with Crippen LogP contribution in [0.3, 0.4) is 0 Å². The molecule has 2 bridgehead atoms. The third-order valence-corrected chi connectivity index (χ3v) is 5.34. The van der Waals surface area contributed by atoms with E-state index in [1.807, 2.05) is 0 Å². The summed E-state index contributed by atoms with van der Waals surface area (Å²) in [5.74, 6) is 3.01. The van der Waals surface area contributed by atoms with Crippen molar-refractivity contribution >= 4 is 0 Å². The molecule has 0 spiro atoms. The van der Waals surface area contributed by atoms with Crippen molar-refractivity contribution in [2.45, 2.75) is 90.4 Å². The molecule has 2 aliphatic rings. The second-order valence-corrected chi connectivity index (χ2v) is 7.01. The average Bonchev–Trinajstić information content (AvgIpc) is 3.03. The minimum atomic E-state index is 0.970. The van der Waals surface area contributed by atoms with Gasteiger partial charge in [0.2, 0.25) is 0 Å². The van der Waals surface area contributed by atoms with Crippen molar-refractivity contribution in [3.8, 4) is 0 Å². The molecule has 0 amide bonds. The summed E-state index contributed by atoms with van der Waals surface area (Å²) >= 11 is 0. The quantitative estimate of drug-likeness (QED) is 0.294. The van der Waals surface area contributed by atoms with E-state index in [1.165, 1.54) is 83.5 Å². The van der Waals surface area contributed by atoms with Crippen LogP contribution in [0.25, 0.3) is 0 Å². The fourth-order valence-electron chi connectivity index (χ4n) is 4.12. The Morgan fingerprint density at radius 3 is 1.89 bits per heavy atom. The van der Waals surface area contributed by atoms with E-state index >= 15 is 0 Å². The maximum absolute atomic E-state index is 2.51. The number of hydrogen-bond donors (Lipinski definition) is 0. The van der Waals surface area contributed by atoms with Crippen LogP contribution in [0, 0.1) is 17.8 Å². The van der Waals surface area contributed by atoms with Crippen LogP contribution in [0.4, 0.5) is 0 Å². The molecular formula is C19H34. The van der Waals surface area contributed by atoms with Crippen molar-refractivity contribution in [3.05, 3.63) is 12.2 Å². The van der Waals surface area contributed by atoms with E-state index in [-0.39, 0.29) is 0 Å². The standard InChI is InChI=1S/C19H34/c1-2-3-4-5-6-7-8-9-10-11-12-18-15-17-13-14-19(18)16-17/h13-14,17-19H,2-12,15-16H2,1H3/t17-,18+,19-/m0/s1. The lowest BCUT2D eigenvalue weighted by atomic mass is 9.88. The van der Waals surface area contributed by atoms with E-state index < -0.39 is 0 Å². The van der Waals surface area contributed by atoms with E-state index in [1.54, 1.807) is 0 Å². The maximum atomic E-state index is 2.51. The molecule has 0 aromatic carbocycles. The molecule has 0 nitrogen and oxygen atoms in total. The van der Waals surface area contributed by atoms with Crippen molar-refractivity contribution in [2.75, 3.05) is 0 Å². The first-order chi connectivity index (χ1) is 9.40. The van der Waals surface area contributed by atoms with Gasteiger partial charge in [0, 0.05) is 0 Å². The summed E-state index contributed by atoms with van der Waals surface area (Å²) in [5, 5.41) is 0. The molecule has 0 aliphatic heterocycles. The van der Waals surface area contributed by atoms with Gasteiger partial charge >= 0.3 is 0 Å². The van der Waals surface area contributed by atoms with Crippen LogP contribution in [0.15, 0.2) is 12.2 Å². The van der Waals surface area contributed by atoms with Crippen molar-refractivity contribution in [1.82, 2.24) is 0 Å². The molecule has 3 atom stereocenters. The van der Waals surface area contributed by atoms with Gasteiger partial charge in [-0.25, -0.2) is 0 Å². The summed E-state index contributed by atoms with van der Waals surface area (Å²) < 4.78 is 0. The zero-order valence-electron chi connectivity index (χ0n) is 13.1. The highest BCUT2D eigenvalue weighted by atomic mass is 14.4. The molecule has 2 rings (SSSR count). The Hall–Kier alpha value is -0.260. The SMILES string of the molecule is CCCCCCCCCCCC[C@@H]1C[C@@H]2C=C[C@H]1C2. The lowest BCUT2D eigenvalue weighted by Gasteiger charge is -2.17. The zero-order chi connectivity index (χ0) is 13.3. The van der Waals surface area contributed by atoms with Crippen molar-refractivity contribution in [1.29, 1.82) is 0 Å². The molecule has 19 heavy (non-hydrogen) atoms. The van der Waals surface area contributed by atoms with Crippen molar-refractivity contribution in [2.24, 2.45) is 17.8 Å². The van der Waals surface area contributed by atoms with Crippen LogP contribution in [-0.4, -0.2) is 0 Å². The Morgan fingerprint density at radius 2 is 1.37 bits per heavy atom. The number of rotatable bonds is 11. The molecule has 0 unspecified atom stereocenters. The lowest BCUT2D eigenvalue weighted by Crippen LogP contribution is -2.06. The molecular weight excluding hydrogens is 228 g/mol. The molecule has 0 saturated heterocycles. The molecule has 2 aliphatic carbocycles. The Labute approximate surface area is 121 Å².